The molecule has 272 valence electrons. The predicted octanol–water partition coefficient (Wildman–Crippen LogP) is 4.25. The molecule has 0 saturated carbocycles. The van der Waals surface area contributed by atoms with Crippen molar-refractivity contribution in [3.63, 3.8) is 0 Å². The van der Waals surface area contributed by atoms with Crippen molar-refractivity contribution in [3.8, 4) is 5.75 Å². The van der Waals surface area contributed by atoms with Crippen LogP contribution in [0, 0.1) is 11.8 Å². The summed E-state index contributed by atoms with van der Waals surface area (Å²) in [6.45, 7) is 9.04. The number of carbonyl (C=O) groups excluding carboxylic acids is 3. The third-order valence-electron chi connectivity index (χ3n) is 10.1. The molecule has 0 aromatic heterocycles. The number of carbonyl (C=O) groups is 3. The van der Waals surface area contributed by atoms with Crippen LogP contribution in [0.2, 0.25) is 5.02 Å². The van der Waals surface area contributed by atoms with E-state index in [0.717, 1.165) is 11.1 Å². The number of alkyl carbamates (subject to hydrolysis) is 1. The van der Waals surface area contributed by atoms with E-state index >= 15 is 0 Å². The van der Waals surface area contributed by atoms with Crippen LogP contribution in [0.5, 0.6) is 5.75 Å². The summed E-state index contributed by atoms with van der Waals surface area (Å²) in [5.74, 6) is -0.766. The van der Waals surface area contributed by atoms with Crippen LogP contribution in [0.1, 0.15) is 59.4 Å². The first-order chi connectivity index (χ1) is 22.9. The van der Waals surface area contributed by atoms with Gasteiger partial charge in [-0.05, 0) is 50.6 Å². The number of ether oxygens (including phenoxy) is 4. The number of anilines is 1. The van der Waals surface area contributed by atoms with Crippen molar-refractivity contribution in [2.75, 3.05) is 31.9 Å². The van der Waals surface area contributed by atoms with E-state index in [1.54, 1.807) is 27.9 Å². The molecule has 12 nitrogen and oxygen atoms in total. The van der Waals surface area contributed by atoms with Crippen LogP contribution in [0.4, 0.5) is 10.5 Å². The molecule has 4 bridgehead atoms. The average Bonchev–Trinajstić information content (AvgIpc) is 3.74. The van der Waals surface area contributed by atoms with Gasteiger partial charge in [0.15, 0.2) is 6.29 Å². The number of hydrogen-bond acceptors (Lipinski definition) is 10. The molecule has 49 heavy (non-hydrogen) atoms. The molecule has 3 aliphatic rings. The molecule has 14 heteroatoms. The summed E-state index contributed by atoms with van der Waals surface area (Å²) in [4.78, 5) is 42.2. The Balaban J connectivity index is 1.76. The Morgan fingerprint density at radius 3 is 2.65 bits per heavy atom. The Hall–Kier alpha value is -2.81. The summed E-state index contributed by atoms with van der Waals surface area (Å²) >= 11 is 10.9. The zero-order valence-corrected chi connectivity index (χ0v) is 31.1. The first-order valence-corrected chi connectivity index (χ1v) is 17.5. The predicted molar refractivity (Wildman–Crippen MR) is 189 cm³/mol. The van der Waals surface area contributed by atoms with Gasteiger partial charge in [0.25, 0.3) is 0 Å². The topological polar surface area (TPSA) is 150 Å². The third kappa shape index (κ3) is 8.57. The zero-order chi connectivity index (χ0) is 36.4. The molecule has 2 saturated heterocycles. The van der Waals surface area contributed by atoms with Gasteiger partial charge < -0.3 is 39.0 Å². The number of likely N-dealkylation sites (N-methyl/N-ethyl adjacent to an activating group) is 1. The molecule has 0 spiro atoms. The van der Waals surface area contributed by atoms with E-state index in [1.165, 1.54) is 16.9 Å². The van der Waals surface area contributed by atoms with Crippen molar-refractivity contribution in [1.29, 1.82) is 0 Å². The third-order valence-corrected chi connectivity index (χ3v) is 10.7. The zero-order valence-electron chi connectivity index (χ0n) is 29.4. The van der Waals surface area contributed by atoms with Crippen molar-refractivity contribution in [2.45, 2.75) is 102 Å². The minimum Gasteiger partial charge on any atom is -0.495 e. The molecule has 0 aliphatic carbocycles. The number of benzene rings is 1. The molecular weight excluding hydrogens is 674 g/mol. The molecule has 1 aromatic rings. The van der Waals surface area contributed by atoms with Crippen molar-refractivity contribution >= 4 is 47.8 Å². The van der Waals surface area contributed by atoms with Crippen molar-refractivity contribution in [2.24, 2.45) is 11.8 Å². The van der Waals surface area contributed by atoms with Gasteiger partial charge in [-0.1, -0.05) is 49.2 Å². The average molecular weight is 724 g/mol. The number of methoxy groups -OCH3 is 1. The summed E-state index contributed by atoms with van der Waals surface area (Å²) in [5, 5.41) is 25.7. The number of thiol groups is 1. The minimum absolute atomic E-state index is 0.0824. The number of allylic oxidation sites excluding steroid dienone is 3. The molecule has 9 atom stereocenters. The summed E-state index contributed by atoms with van der Waals surface area (Å²) in [6.07, 6.45) is 1.59. The number of epoxide rings is 1. The van der Waals surface area contributed by atoms with Gasteiger partial charge in [0.2, 0.25) is 11.8 Å². The summed E-state index contributed by atoms with van der Waals surface area (Å²) in [7, 11) is 4.68. The van der Waals surface area contributed by atoms with Gasteiger partial charge in [-0.25, -0.2) is 4.79 Å². The molecule has 1 aromatic carbocycles. The first-order valence-electron chi connectivity index (χ1n) is 16.5. The highest BCUT2D eigenvalue weighted by Gasteiger charge is 2.64. The van der Waals surface area contributed by atoms with Gasteiger partial charge in [-0.3, -0.25) is 14.9 Å². The highest BCUT2D eigenvalue weighted by atomic mass is 35.5. The standard InChI is InChI=1S/C35H50ClN3O9S/c1-19-10-9-11-20(2)35(44)18-26(46-33(43)37-35)21(3)31-34(5,48-31)27(47-32(42)22(4)38(6)28(40)12-13-49)17-29(41)39(7)24-15-23(14-19)16-25(45-8)30(24)36/h9-11,15-16,20-22,26-27,31-32,42,44,49H,12-14,17-18H2,1-8H3,(H,37,43)/b11-9+,19-10+. The van der Waals surface area contributed by atoms with E-state index in [-0.39, 0.29) is 36.1 Å². The van der Waals surface area contributed by atoms with Gasteiger partial charge in [-0.15, -0.1) is 0 Å². The fourth-order valence-electron chi connectivity index (χ4n) is 6.51. The highest BCUT2D eigenvalue weighted by molar-refractivity contribution is 7.80. The lowest BCUT2D eigenvalue weighted by Crippen LogP contribution is -2.60. The molecule has 9 unspecified atom stereocenters. The largest absolute Gasteiger partial charge is 0.495 e. The van der Waals surface area contributed by atoms with Crippen LogP contribution >= 0.6 is 24.2 Å². The second-order valence-electron chi connectivity index (χ2n) is 13.7. The molecule has 4 rings (SSSR count). The van der Waals surface area contributed by atoms with E-state index in [0.29, 0.717) is 23.6 Å². The number of rotatable bonds is 7. The maximum atomic E-state index is 14.1. The van der Waals surface area contributed by atoms with Crippen molar-refractivity contribution in [3.05, 3.63) is 46.5 Å². The van der Waals surface area contributed by atoms with Crippen LogP contribution in [0.3, 0.4) is 0 Å². The quantitative estimate of drug-likeness (QED) is 0.184. The van der Waals surface area contributed by atoms with E-state index in [2.05, 4.69) is 17.9 Å². The molecule has 3 N–H and O–H groups in total. The lowest BCUT2D eigenvalue weighted by molar-refractivity contribution is -0.186. The summed E-state index contributed by atoms with van der Waals surface area (Å²) in [6, 6.07) is 2.88. The lowest BCUT2D eigenvalue weighted by atomic mass is 9.82. The van der Waals surface area contributed by atoms with Crippen LogP contribution in [-0.4, -0.2) is 102 Å². The van der Waals surface area contributed by atoms with Crippen molar-refractivity contribution in [1.82, 2.24) is 10.2 Å². The number of hydrogen-bond donors (Lipinski definition) is 4. The van der Waals surface area contributed by atoms with Gasteiger partial charge in [-0.2, -0.15) is 12.6 Å². The normalized spacial score (nSPS) is 33.6. The van der Waals surface area contributed by atoms with Crippen LogP contribution in [0.15, 0.2) is 35.9 Å². The molecule has 3 heterocycles. The van der Waals surface area contributed by atoms with Crippen LogP contribution in [-0.2, 0) is 30.2 Å². The summed E-state index contributed by atoms with van der Waals surface area (Å²) < 4.78 is 23.7. The minimum atomic E-state index is -1.59. The maximum absolute atomic E-state index is 14.1. The van der Waals surface area contributed by atoms with Gasteiger partial charge in [0.05, 0.1) is 31.4 Å². The second-order valence-corrected chi connectivity index (χ2v) is 14.5. The SMILES string of the molecule is COc1cc2cc(c1Cl)N(C)C(=O)CC(OC(O)C(C)N(C)C(=O)CCS)C1(C)OC1C(C)C1CC(O)(NC(=O)O1)C(C)/C=C/C=C(\C)C2. The molecule has 3 amide bonds. The Labute approximate surface area is 299 Å². The number of fused-ring (bicyclic) bond motifs is 5. The fourth-order valence-corrected chi connectivity index (χ4v) is 7.01. The second kappa shape index (κ2) is 15.6. The van der Waals surface area contributed by atoms with Crippen molar-refractivity contribution < 1.29 is 43.5 Å². The number of aliphatic hydroxyl groups excluding tert-OH is 1. The first kappa shape index (κ1) is 39.0. The van der Waals surface area contributed by atoms with Gasteiger partial charge in [0, 0.05) is 38.8 Å². The molecule has 3 aliphatic heterocycles. The van der Waals surface area contributed by atoms with E-state index in [4.69, 9.17) is 30.5 Å². The monoisotopic (exact) mass is 723 g/mol. The lowest BCUT2D eigenvalue weighted by Gasteiger charge is -2.42. The van der Waals surface area contributed by atoms with E-state index < -0.39 is 59.9 Å². The fraction of sp³-hybridized carbons (Fsp3) is 0.629. The van der Waals surface area contributed by atoms with E-state index in [9.17, 15) is 24.6 Å². The molecule has 2 fully saturated rings. The Kier molecular flexibility index (Phi) is 12.4. The van der Waals surface area contributed by atoms with Crippen LogP contribution in [0.25, 0.3) is 0 Å². The Morgan fingerprint density at radius 2 is 2.00 bits per heavy atom. The molecular formula is C35H50ClN3O9S. The van der Waals surface area contributed by atoms with Crippen LogP contribution < -0.4 is 15.0 Å². The van der Waals surface area contributed by atoms with E-state index in [1.807, 2.05) is 51.1 Å². The summed E-state index contributed by atoms with van der Waals surface area (Å²) in [5.41, 5.74) is -0.442. The van der Waals surface area contributed by atoms with Gasteiger partial charge in [0.1, 0.15) is 34.3 Å². The maximum Gasteiger partial charge on any atom is 0.409 e. The number of nitrogens with one attached hydrogen (secondary N) is 1. The number of halogens is 1. The van der Waals surface area contributed by atoms with Gasteiger partial charge >= 0.3 is 6.09 Å². The molecule has 0 radical (unpaired) electrons. The smallest absolute Gasteiger partial charge is 0.409 e. The number of amides is 3. The Morgan fingerprint density at radius 1 is 1.31 bits per heavy atom. The highest BCUT2D eigenvalue weighted by Crippen LogP contribution is 2.49. The Bertz CT molecular complexity index is 1480. The number of nitrogens with zero attached hydrogens (tertiary/aromatic N) is 2. The number of aliphatic hydroxyl groups is 2.